The summed E-state index contributed by atoms with van der Waals surface area (Å²) in [5, 5.41) is 2.91. The molecule has 0 aliphatic carbocycles. The van der Waals surface area contributed by atoms with Crippen LogP contribution in [0.1, 0.15) is 24.5 Å². The molecule has 0 radical (unpaired) electrons. The Balaban J connectivity index is 1.56. The van der Waals surface area contributed by atoms with Gasteiger partial charge in [0, 0.05) is 5.69 Å². The number of rotatable bonds is 8. The van der Waals surface area contributed by atoms with Crippen molar-refractivity contribution >= 4 is 11.6 Å². The van der Waals surface area contributed by atoms with Crippen molar-refractivity contribution < 1.29 is 14.3 Å². The van der Waals surface area contributed by atoms with Gasteiger partial charge in [-0.05, 0) is 54.8 Å². The Morgan fingerprint density at radius 3 is 2.29 bits per heavy atom. The minimum Gasteiger partial charge on any atom is -0.489 e. The van der Waals surface area contributed by atoms with Crippen LogP contribution in [0.25, 0.3) is 0 Å². The number of hydrogen-bond acceptors (Lipinski definition) is 3. The van der Waals surface area contributed by atoms with E-state index < -0.39 is 6.10 Å². The van der Waals surface area contributed by atoms with Crippen LogP contribution in [0.15, 0.2) is 78.9 Å². The van der Waals surface area contributed by atoms with Crippen LogP contribution in [-0.4, -0.2) is 12.0 Å². The van der Waals surface area contributed by atoms with Gasteiger partial charge >= 0.3 is 0 Å². The van der Waals surface area contributed by atoms with Crippen molar-refractivity contribution in [1.82, 2.24) is 0 Å². The highest BCUT2D eigenvalue weighted by Crippen LogP contribution is 2.21. The molecule has 0 unspecified atom stereocenters. The Hall–Kier alpha value is -3.27. The first-order valence-corrected chi connectivity index (χ1v) is 9.45. The van der Waals surface area contributed by atoms with Crippen LogP contribution in [0.3, 0.4) is 0 Å². The van der Waals surface area contributed by atoms with Crippen molar-refractivity contribution in [3.05, 3.63) is 90.0 Å². The fourth-order valence-corrected chi connectivity index (χ4v) is 2.76. The number of para-hydroxylation sites is 1. The highest BCUT2D eigenvalue weighted by molar-refractivity contribution is 5.94. The van der Waals surface area contributed by atoms with E-state index in [-0.39, 0.29) is 5.91 Å². The normalized spacial score (nSPS) is 11.5. The van der Waals surface area contributed by atoms with E-state index in [0.717, 1.165) is 22.6 Å². The maximum atomic E-state index is 12.6. The van der Waals surface area contributed by atoms with Gasteiger partial charge in [0.2, 0.25) is 0 Å². The fraction of sp³-hybridized carbons (Fsp3) is 0.208. The number of ether oxygens (including phenoxy) is 2. The second-order valence-electron chi connectivity index (χ2n) is 6.57. The molecule has 0 aromatic heterocycles. The zero-order chi connectivity index (χ0) is 19.8. The van der Waals surface area contributed by atoms with E-state index in [1.165, 1.54) is 0 Å². The number of carbonyl (C=O) groups excluding carboxylic acids is 1. The molecule has 0 aliphatic rings. The number of hydrogen-bond donors (Lipinski definition) is 1. The fourth-order valence-electron chi connectivity index (χ4n) is 2.76. The lowest BCUT2D eigenvalue weighted by Crippen LogP contribution is -2.32. The lowest BCUT2D eigenvalue weighted by atomic mass is 10.2. The Morgan fingerprint density at radius 1 is 0.929 bits per heavy atom. The molecule has 0 saturated carbocycles. The Morgan fingerprint density at radius 2 is 1.61 bits per heavy atom. The minimum absolute atomic E-state index is 0.163. The predicted molar refractivity (Wildman–Crippen MR) is 112 cm³/mol. The largest absolute Gasteiger partial charge is 0.489 e. The van der Waals surface area contributed by atoms with Gasteiger partial charge in [0.25, 0.3) is 5.91 Å². The average Bonchev–Trinajstić information content (AvgIpc) is 2.73. The van der Waals surface area contributed by atoms with Crippen molar-refractivity contribution in [2.45, 2.75) is 33.0 Å². The van der Waals surface area contributed by atoms with Crippen LogP contribution in [0.5, 0.6) is 11.5 Å². The SMILES string of the molecule is CC[C@@H](Oc1ccccc1C)C(=O)Nc1ccc(OCc2ccccc2)cc1. The van der Waals surface area contributed by atoms with Crippen LogP contribution in [0.4, 0.5) is 5.69 Å². The van der Waals surface area contributed by atoms with E-state index in [1.54, 1.807) is 0 Å². The van der Waals surface area contributed by atoms with Gasteiger partial charge in [0.05, 0.1) is 0 Å². The Bertz CT molecular complexity index is 891. The molecular weight excluding hydrogens is 350 g/mol. The molecule has 0 bridgehead atoms. The van der Waals surface area contributed by atoms with Gasteiger partial charge in [0.1, 0.15) is 18.1 Å². The maximum absolute atomic E-state index is 12.6. The van der Waals surface area contributed by atoms with Crippen LogP contribution in [-0.2, 0) is 11.4 Å². The average molecular weight is 375 g/mol. The number of nitrogens with one attached hydrogen (secondary N) is 1. The molecule has 4 heteroatoms. The molecule has 3 rings (SSSR count). The molecule has 0 saturated heterocycles. The third-order valence-electron chi connectivity index (χ3n) is 4.40. The van der Waals surface area contributed by atoms with Crippen LogP contribution < -0.4 is 14.8 Å². The van der Waals surface area contributed by atoms with Crippen molar-refractivity contribution in [3.8, 4) is 11.5 Å². The number of benzene rings is 3. The van der Waals surface area contributed by atoms with Gasteiger partial charge in [-0.2, -0.15) is 0 Å². The summed E-state index contributed by atoms with van der Waals surface area (Å²) in [4.78, 5) is 12.6. The lowest BCUT2D eigenvalue weighted by Gasteiger charge is -2.18. The highest BCUT2D eigenvalue weighted by Gasteiger charge is 2.19. The molecule has 28 heavy (non-hydrogen) atoms. The first-order valence-electron chi connectivity index (χ1n) is 9.45. The quantitative estimate of drug-likeness (QED) is 0.576. The molecule has 1 amide bonds. The summed E-state index contributed by atoms with van der Waals surface area (Å²) in [6.45, 7) is 4.41. The predicted octanol–water partition coefficient (Wildman–Crippen LogP) is 5.37. The summed E-state index contributed by atoms with van der Waals surface area (Å²) < 4.78 is 11.7. The number of amides is 1. The topological polar surface area (TPSA) is 47.6 Å². The van der Waals surface area contributed by atoms with Gasteiger partial charge in [-0.3, -0.25) is 4.79 Å². The molecule has 1 N–H and O–H groups in total. The molecular formula is C24H25NO3. The molecule has 0 heterocycles. The van der Waals surface area contributed by atoms with Crippen LogP contribution in [0, 0.1) is 6.92 Å². The summed E-state index contributed by atoms with van der Waals surface area (Å²) in [6.07, 6.45) is 0.0356. The standard InChI is InChI=1S/C24H25NO3/c1-3-22(28-23-12-8-7-9-18(23)2)24(26)25-20-13-15-21(16-14-20)27-17-19-10-5-4-6-11-19/h4-16,22H,3,17H2,1-2H3,(H,25,26)/t22-/m1/s1. The second-order valence-corrected chi connectivity index (χ2v) is 6.57. The van der Waals surface area contributed by atoms with Gasteiger partial charge in [0.15, 0.2) is 6.10 Å². The van der Waals surface area contributed by atoms with Gasteiger partial charge in [-0.15, -0.1) is 0 Å². The maximum Gasteiger partial charge on any atom is 0.265 e. The first-order chi connectivity index (χ1) is 13.7. The van der Waals surface area contributed by atoms with Gasteiger partial charge < -0.3 is 14.8 Å². The molecule has 3 aromatic rings. The zero-order valence-corrected chi connectivity index (χ0v) is 16.2. The second kappa shape index (κ2) is 9.60. The Kier molecular flexibility index (Phi) is 6.68. The van der Waals surface area contributed by atoms with E-state index in [4.69, 9.17) is 9.47 Å². The first kappa shape index (κ1) is 19.5. The third kappa shape index (κ3) is 5.36. The number of carbonyl (C=O) groups is 1. The minimum atomic E-state index is -0.546. The number of anilines is 1. The van der Waals surface area contributed by atoms with Crippen molar-refractivity contribution in [2.24, 2.45) is 0 Å². The molecule has 1 atom stereocenters. The molecule has 144 valence electrons. The molecule has 0 aliphatic heterocycles. The molecule has 3 aromatic carbocycles. The summed E-state index contributed by atoms with van der Waals surface area (Å²) in [5.74, 6) is 1.32. The Labute approximate surface area is 166 Å². The van der Waals surface area contributed by atoms with E-state index in [0.29, 0.717) is 18.7 Å². The van der Waals surface area contributed by atoms with Crippen LogP contribution >= 0.6 is 0 Å². The van der Waals surface area contributed by atoms with Crippen molar-refractivity contribution in [1.29, 1.82) is 0 Å². The summed E-state index contributed by atoms with van der Waals surface area (Å²) in [6, 6.07) is 25.1. The molecule has 0 spiro atoms. The van der Waals surface area contributed by atoms with Gasteiger partial charge in [-0.25, -0.2) is 0 Å². The summed E-state index contributed by atoms with van der Waals surface area (Å²) >= 11 is 0. The molecule has 4 nitrogen and oxygen atoms in total. The van der Waals surface area contributed by atoms with Crippen molar-refractivity contribution in [2.75, 3.05) is 5.32 Å². The van der Waals surface area contributed by atoms with E-state index in [2.05, 4.69) is 5.32 Å². The van der Waals surface area contributed by atoms with E-state index >= 15 is 0 Å². The van der Waals surface area contributed by atoms with Crippen LogP contribution in [0.2, 0.25) is 0 Å². The molecule has 0 fully saturated rings. The number of aryl methyl sites for hydroxylation is 1. The lowest BCUT2D eigenvalue weighted by molar-refractivity contribution is -0.122. The third-order valence-corrected chi connectivity index (χ3v) is 4.40. The smallest absolute Gasteiger partial charge is 0.265 e. The van der Waals surface area contributed by atoms with E-state index in [9.17, 15) is 4.79 Å². The summed E-state index contributed by atoms with van der Waals surface area (Å²) in [7, 11) is 0. The zero-order valence-electron chi connectivity index (χ0n) is 16.2. The summed E-state index contributed by atoms with van der Waals surface area (Å²) in [5.41, 5.74) is 2.83. The van der Waals surface area contributed by atoms with Gasteiger partial charge in [-0.1, -0.05) is 55.5 Å². The highest BCUT2D eigenvalue weighted by atomic mass is 16.5. The monoisotopic (exact) mass is 375 g/mol. The van der Waals surface area contributed by atoms with E-state index in [1.807, 2.05) is 92.7 Å². The van der Waals surface area contributed by atoms with Crippen molar-refractivity contribution in [3.63, 3.8) is 0 Å².